The Morgan fingerprint density at radius 2 is 1.64 bits per heavy atom. The molecule has 28 heavy (non-hydrogen) atoms. The van der Waals surface area contributed by atoms with Crippen molar-refractivity contribution >= 4 is 5.91 Å². The number of carbonyl (C=O) groups excluding carboxylic acids is 1. The molecule has 0 aliphatic carbocycles. The quantitative estimate of drug-likeness (QED) is 0.528. The number of hydrogen-bond acceptors (Lipinski definition) is 3. The first-order chi connectivity index (χ1) is 13.5. The maximum Gasteiger partial charge on any atom is 0.264 e. The number of ether oxygens (including phenoxy) is 1. The van der Waals surface area contributed by atoms with Crippen LogP contribution in [0.5, 0.6) is 5.75 Å². The van der Waals surface area contributed by atoms with Gasteiger partial charge in [-0.1, -0.05) is 56.3 Å². The molecule has 1 aromatic heterocycles. The van der Waals surface area contributed by atoms with Crippen molar-refractivity contribution in [3.8, 4) is 5.75 Å². The van der Waals surface area contributed by atoms with Crippen LogP contribution >= 0.6 is 0 Å². The Hall–Kier alpha value is -3.01. The van der Waals surface area contributed by atoms with Crippen molar-refractivity contribution in [3.05, 3.63) is 89.9 Å². The molecule has 4 heteroatoms. The van der Waals surface area contributed by atoms with E-state index in [0.29, 0.717) is 24.8 Å². The summed E-state index contributed by atoms with van der Waals surface area (Å²) in [5.74, 6) is 1.83. The van der Waals surface area contributed by atoms with Gasteiger partial charge in [-0.2, -0.15) is 0 Å². The summed E-state index contributed by atoms with van der Waals surface area (Å²) in [6, 6.07) is 21.6. The van der Waals surface area contributed by atoms with Gasteiger partial charge in [0.2, 0.25) is 0 Å². The van der Waals surface area contributed by atoms with Crippen LogP contribution in [-0.4, -0.2) is 16.9 Å². The lowest BCUT2D eigenvalue weighted by atomic mass is 10.0. The van der Waals surface area contributed by atoms with Crippen LogP contribution in [0.1, 0.15) is 43.6 Å². The van der Waals surface area contributed by atoms with Crippen LogP contribution < -0.4 is 4.74 Å². The fourth-order valence-corrected chi connectivity index (χ4v) is 3.05. The molecule has 0 bridgehead atoms. The molecule has 0 fully saturated rings. The van der Waals surface area contributed by atoms with Crippen molar-refractivity contribution in [2.24, 2.45) is 0 Å². The Labute approximate surface area is 166 Å². The third-order valence-corrected chi connectivity index (χ3v) is 4.66. The standard InChI is InChI=1S/C24H27NO3/c1-18(2)21-11-13-22(14-12-21)28-19(3)24(26)25(17-23-10-7-15-27-23)16-20-8-5-4-6-9-20/h4-15,18-19H,16-17H2,1-3H3. The van der Waals surface area contributed by atoms with Gasteiger partial charge in [-0.05, 0) is 48.2 Å². The number of carbonyl (C=O) groups is 1. The second-order valence-corrected chi connectivity index (χ2v) is 7.24. The fourth-order valence-electron chi connectivity index (χ4n) is 3.05. The van der Waals surface area contributed by atoms with E-state index in [-0.39, 0.29) is 5.91 Å². The largest absolute Gasteiger partial charge is 0.481 e. The smallest absolute Gasteiger partial charge is 0.264 e. The minimum absolute atomic E-state index is 0.0758. The van der Waals surface area contributed by atoms with Gasteiger partial charge in [-0.15, -0.1) is 0 Å². The molecule has 3 rings (SSSR count). The average molecular weight is 377 g/mol. The van der Waals surface area contributed by atoms with Gasteiger partial charge in [0, 0.05) is 6.54 Å². The molecule has 1 amide bonds. The van der Waals surface area contributed by atoms with E-state index >= 15 is 0 Å². The summed E-state index contributed by atoms with van der Waals surface area (Å²) in [4.78, 5) is 14.9. The summed E-state index contributed by atoms with van der Waals surface area (Å²) in [5.41, 5.74) is 2.31. The van der Waals surface area contributed by atoms with Gasteiger partial charge in [0.25, 0.3) is 5.91 Å². The summed E-state index contributed by atoms with van der Waals surface area (Å²) in [7, 11) is 0. The summed E-state index contributed by atoms with van der Waals surface area (Å²) in [6.07, 6.45) is 1.03. The van der Waals surface area contributed by atoms with Crippen LogP contribution in [0.4, 0.5) is 0 Å². The van der Waals surface area contributed by atoms with Gasteiger partial charge in [0.1, 0.15) is 11.5 Å². The lowest BCUT2D eigenvalue weighted by Gasteiger charge is -2.25. The average Bonchev–Trinajstić information content (AvgIpc) is 3.21. The van der Waals surface area contributed by atoms with Crippen LogP contribution in [0.25, 0.3) is 0 Å². The van der Waals surface area contributed by atoms with E-state index in [1.807, 2.05) is 66.7 Å². The van der Waals surface area contributed by atoms with Gasteiger partial charge >= 0.3 is 0 Å². The Morgan fingerprint density at radius 3 is 2.25 bits per heavy atom. The second-order valence-electron chi connectivity index (χ2n) is 7.24. The zero-order valence-electron chi connectivity index (χ0n) is 16.7. The van der Waals surface area contributed by atoms with Gasteiger partial charge in [-0.25, -0.2) is 0 Å². The van der Waals surface area contributed by atoms with E-state index in [1.165, 1.54) is 5.56 Å². The molecular formula is C24H27NO3. The van der Waals surface area contributed by atoms with E-state index in [1.54, 1.807) is 18.1 Å². The van der Waals surface area contributed by atoms with Crippen LogP contribution in [0, 0.1) is 0 Å². The third kappa shape index (κ3) is 5.26. The van der Waals surface area contributed by atoms with E-state index in [9.17, 15) is 4.79 Å². The van der Waals surface area contributed by atoms with Crippen molar-refractivity contribution in [1.29, 1.82) is 0 Å². The summed E-state index contributed by atoms with van der Waals surface area (Å²) in [6.45, 7) is 7.00. The molecule has 3 aromatic rings. The maximum atomic E-state index is 13.1. The summed E-state index contributed by atoms with van der Waals surface area (Å²) >= 11 is 0. The molecule has 0 radical (unpaired) electrons. The van der Waals surface area contributed by atoms with E-state index in [2.05, 4.69) is 13.8 Å². The molecule has 0 saturated heterocycles. The zero-order chi connectivity index (χ0) is 19.9. The third-order valence-electron chi connectivity index (χ3n) is 4.66. The first kappa shape index (κ1) is 19.7. The molecule has 2 aromatic carbocycles. The number of amides is 1. The van der Waals surface area contributed by atoms with Crippen molar-refractivity contribution in [3.63, 3.8) is 0 Å². The predicted molar refractivity (Wildman–Crippen MR) is 110 cm³/mol. The molecule has 1 heterocycles. The Morgan fingerprint density at radius 1 is 0.929 bits per heavy atom. The highest BCUT2D eigenvalue weighted by atomic mass is 16.5. The first-order valence-corrected chi connectivity index (χ1v) is 9.64. The van der Waals surface area contributed by atoms with E-state index in [0.717, 1.165) is 11.3 Å². The molecule has 4 nitrogen and oxygen atoms in total. The van der Waals surface area contributed by atoms with Crippen molar-refractivity contribution in [2.75, 3.05) is 0 Å². The number of benzene rings is 2. The molecular weight excluding hydrogens is 350 g/mol. The fraction of sp³-hybridized carbons (Fsp3) is 0.292. The van der Waals surface area contributed by atoms with Crippen LogP contribution in [-0.2, 0) is 17.9 Å². The normalized spacial score (nSPS) is 12.0. The molecule has 0 saturated carbocycles. The molecule has 1 atom stereocenters. The lowest BCUT2D eigenvalue weighted by Crippen LogP contribution is -2.39. The molecule has 0 aliphatic heterocycles. The van der Waals surface area contributed by atoms with Crippen LogP contribution in [0.2, 0.25) is 0 Å². The summed E-state index contributed by atoms with van der Waals surface area (Å²) < 4.78 is 11.4. The van der Waals surface area contributed by atoms with Gasteiger partial charge in [-0.3, -0.25) is 4.79 Å². The van der Waals surface area contributed by atoms with Crippen molar-refractivity contribution < 1.29 is 13.9 Å². The first-order valence-electron chi connectivity index (χ1n) is 9.64. The number of rotatable bonds is 8. The van der Waals surface area contributed by atoms with Gasteiger partial charge in [0.15, 0.2) is 6.10 Å². The lowest BCUT2D eigenvalue weighted by molar-refractivity contribution is -0.139. The van der Waals surface area contributed by atoms with Gasteiger partial charge < -0.3 is 14.1 Å². The van der Waals surface area contributed by atoms with Crippen molar-refractivity contribution in [1.82, 2.24) is 4.90 Å². The van der Waals surface area contributed by atoms with E-state index < -0.39 is 6.10 Å². The Bertz CT molecular complexity index is 855. The SMILES string of the molecule is CC(Oc1ccc(C(C)C)cc1)C(=O)N(Cc1ccccc1)Cc1ccco1. The predicted octanol–water partition coefficient (Wildman–Crippen LogP) is 5.40. The molecule has 0 N–H and O–H groups in total. The minimum atomic E-state index is -0.594. The van der Waals surface area contributed by atoms with Crippen LogP contribution in [0.15, 0.2) is 77.4 Å². The molecule has 0 spiro atoms. The highest BCUT2D eigenvalue weighted by molar-refractivity contribution is 5.80. The Balaban J connectivity index is 1.71. The maximum absolute atomic E-state index is 13.1. The topological polar surface area (TPSA) is 42.7 Å². The molecule has 146 valence electrons. The molecule has 1 unspecified atom stereocenters. The number of furan rings is 1. The van der Waals surface area contributed by atoms with Gasteiger partial charge in [0.05, 0.1) is 12.8 Å². The zero-order valence-corrected chi connectivity index (χ0v) is 16.7. The van der Waals surface area contributed by atoms with Crippen LogP contribution in [0.3, 0.4) is 0 Å². The molecule has 0 aliphatic rings. The Kier molecular flexibility index (Phi) is 6.53. The van der Waals surface area contributed by atoms with Crippen molar-refractivity contribution in [2.45, 2.75) is 45.9 Å². The minimum Gasteiger partial charge on any atom is -0.481 e. The summed E-state index contributed by atoms with van der Waals surface area (Å²) in [5, 5.41) is 0. The number of hydrogen-bond donors (Lipinski definition) is 0. The highest BCUT2D eigenvalue weighted by Gasteiger charge is 2.23. The number of nitrogens with zero attached hydrogens (tertiary/aromatic N) is 1. The van der Waals surface area contributed by atoms with E-state index in [4.69, 9.17) is 9.15 Å². The second kappa shape index (κ2) is 9.27. The monoisotopic (exact) mass is 377 g/mol. The highest BCUT2D eigenvalue weighted by Crippen LogP contribution is 2.20.